The maximum Gasteiger partial charge on any atom is 0.332 e. The fourth-order valence-electron chi connectivity index (χ4n) is 7.55. The van der Waals surface area contributed by atoms with E-state index in [0.29, 0.717) is 62.1 Å². The van der Waals surface area contributed by atoms with Gasteiger partial charge in [-0.2, -0.15) is 0 Å². The first kappa shape index (κ1) is 43.7. The minimum Gasteiger partial charge on any atom is -0.318 e. The first-order valence-electron chi connectivity index (χ1n) is 21.1. The van der Waals surface area contributed by atoms with Crippen LogP contribution in [0.15, 0.2) is 211 Å². The number of fused-ring (bicyclic) bond motifs is 1. The molecular weight excluding hydrogens is 827 g/mol. The van der Waals surface area contributed by atoms with E-state index >= 15 is 0 Å². The van der Waals surface area contributed by atoms with Crippen molar-refractivity contribution in [2.75, 3.05) is 4.90 Å². The van der Waals surface area contributed by atoms with Crippen LogP contribution in [0.4, 0.5) is 17.1 Å². The molecule has 10 heteroatoms. The lowest BCUT2D eigenvalue weighted by molar-refractivity contribution is -0.141. The van der Waals surface area contributed by atoms with Gasteiger partial charge in [0.1, 0.15) is 0 Å². The highest BCUT2D eigenvalue weighted by Crippen LogP contribution is 2.41. The van der Waals surface area contributed by atoms with Crippen molar-refractivity contribution in [1.82, 2.24) is 0 Å². The van der Waals surface area contributed by atoms with Crippen molar-refractivity contribution in [2.24, 2.45) is 10.3 Å². The summed E-state index contributed by atoms with van der Waals surface area (Å²) in [6.07, 6.45) is 0.587. The van der Waals surface area contributed by atoms with Crippen molar-refractivity contribution < 1.29 is 33.6 Å². The fourth-order valence-corrected chi connectivity index (χ4v) is 7.55. The Kier molecular flexibility index (Phi) is 13.3. The van der Waals surface area contributed by atoms with Crippen molar-refractivity contribution in [2.45, 2.75) is 20.3 Å². The van der Waals surface area contributed by atoms with E-state index in [1.165, 1.54) is 13.8 Å². The minimum atomic E-state index is -0.672. The summed E-state index contributed by atoms with van der Waals surface area (Å²) in [5.41, 5.74) is 6.52. The molecule has 0 saturated carbocycles. The molecule has 8 aromatic carbocycles. The van der Waals surface area contributed by atoms with Crippen molar-refractivity contribution in [3.05, 3.63) is 245 Å². The molecule has 0 aliphatic heterocycles. The van der Waals surface area contributed by atoms with Gasteiger partial charge in [0.15, 0.2) is 17.2 Å². The first-order chi connectivity index (χ1) is 32.1. The Hall–Kier alpha value is -8.89. The summed E-state index contributed by atoms with van der Waals surface area (Å²) >= 11 is 0. The van der Waals surface area contributed by atoms with E-state index < -0.39 is 23.5 Å². The molecule has 0 radical (unpaired) electrons. The molecule has 0 aliphatic carbocycles. The second-order valence-corrected chi connectivity index (χ2v) is 15.2. The third kappa shape index (κ3) is 9.99. The molecule has 0 N–H and O–H groups in total. The number of benzene rings is 8. The van der Waals surface area contributed by atoms with Gasteiger partial charge in [0.25, 0.3) is 0 Å². The lowest BCUT2D eigenvalue weighted by atomic mass is 9.92. The zero-order valence-electron chi connectivity index (χ0n) is 36.0. The number of carbonyl (C=O) groups is 5. The highest BCUT2D eigenvalue weighted by atomic mass is 16.7. The second-order valence-electron chi connectivity index (χ2n) is 15.2. The normalized spacial score (nSPS) is 11.4. The number of oxime groups is 2. The van der Waals surface area contributed by atoms with Crippen LogP contribution >= 0.6 is 0 Å². The van der Waals surface area contributed by atoms with Crippen molar-refractivity contribution >= 4 is 68.5 Å². The Morgan fingerprint density at radius 1 is 0.424 bits per heavy atom. The lowest BCUT2D eigenvalue weighted by Crippen LogP contribution is -2.19. The summed E-state index contributed by atoms with van der Waals surface area (Å²) in [4.78, 5) is 78.1. The molecule has 0 spiro atoms. The van der Waals surface area contributed by atoms with Crippen molar-refractivity contribution in [1.29, 1.82) is 0 Å². The number of rotatable bonds is 15. The first-order valence-corrected chi connectivity index (χ1v) is 21.1. The van der Waals surface area contributed by atoms with Crippen LogP contribution in [0.1, 0.15) is 72.7 Å². The van der Waals surface area contributed by atoms with Gasteiger partial charge >= 0.3 is 11.9 Å². The Labute approximate surface area is 381 Å². The number of hydrogen-bond donors (Lipinski definition) is 0. The van der Waals surface area contributed by atoms with Gasteiger partial charge in [-0.05, 0) is 89.7 Å². The van der Waals surface area contributed by atoms with Crippen LogP contribution in [0.25, 0.3) is 10.8 Å². The molecule has 66 heavy (non-hydrogen) atoms. The second kappa shape index (κ2) is 20.1. The van der Waals surface area contributed by atoms with Gasteiger partial charge in [0.2, 0.25) is 11.6 Å². The molecule has 0 aromatic heterocycles. The predicted octanol–water partition coefficient (Wildman–Crippen LogP) is 11.4. The number of anilines is 3. The molecule has 0 fully saturated rings. The van der Waals surface area contributed by atoms with Crippen LogP contribution in [-0.4, -0.2) is 40.7 Å². The Morgan fingerprint density at radius 2 is 0.879 bits per heavy atom. The van der Waals surface area contributed by atoms with E-state index in [0.717, 1.165) is 11.1 Å². The zero-order valence-corrected chi connectivity index (χ0v) is 36.0. The summed E-state index contributed by atoms with van der Waals surface area (Å²) < 4.78 is 0. The molecule has 322 valence electrons. The smallest absolute Gasteiger partial charge is 0.318 e. The van der Waals surface area contributed by atoms with Crippen LogP contribution < -0.4 is 4.90 Å². The summed E-state index contributed by atoms with van der Waals surface area (Å²) in [7, 11) is 0. The number of carbonyl (C=O) groups excluding carboxylic acids is 5. The van der Waals surface area contributed by atoms with Crippen molar-refractivity contribution in [3.8, 4) is 0 Å². The minimum absolute atomic E-state index is 0.0428. The zero-order chi connectivity index (χ0) is 46.0. The van der Waals surface area contributed by atoms with E-state index in [-0.39, 0.29) is 22.8 Å². The molecule has 10 nitrogen and oxygen atoms in total. The molecule has 0 bridgehead atoms. The van der Waals surface area contributed by atoms with E-state index in [2.05, 4.69) is 10.3 Å². The van der Waals surface area contributed by atoms with Gasteiger partial charge in [-0.25, -0.2) is 9.59 Å². The Bertz CT molecular complexity index is 3130. The summed E-state index contributed by atoms with van der Waals surface area (Å²) in [6, 6.07) is 60.3. The van der Waals surface area contributed by atoms with E-state index in [9.17, 15) is 24.0 Å². The Balaban J connectivity index is 1.29. The number of ketones is 3. The fraction of sp³-hybridized carbons (Fsp3) is 0.0536. The van der Waals surface area contributed by atoms with Crippen LogP contribution in [0.5, 0.6) is 0 Å². The monoisotopic (exact) mass is 867 g/mol. The van der Waals surface area contributed by atoms with Gasteiger partial charge < -0.3 is 14.6 Å². The molecule has 0 atom stereocenters. The third-order valence-electron chi connectivity index (χ3n) is 10.7. The van der Waals surface area contributed by atoms with Crippen molar-refractivity contribution in [3.63, 3.8) is 0 Å². The summed E-state index contributed by atoms with van der Waals surface area (Å²) in [5, 5.41) is 9.29. The van der Waals surface area contributed by atoms with Crippen LogP contribution in [-0.2, 0) is 25.7 Å². The predicted molar refractivity (Wildman–Crippen MR) is 256 cm³/mol. The quantitative estimate of drug-likeness (QED) is 0.0431. The van der Waals surface area contributed by atoms with Crippen LogP contribution in [0.3, 0.4) is 0 Å². The highest BCUT2D eigenvalue weighted by molar-refractivity contribution is 6.53. The molecule has 0 unspecified atom stereocenters. The highest BCUT2D eigenvalue weighted by Gasteiger charge is 2.25. The largest absolute Gasteiger partial charge is 0.332 e. The van der Waals surface area contributed by atoms with Gasteiger partial charge in [-0.3, -0.25) is 14.4 Å². The van der Waals surface area contributed by atoms with E-state index in [4.69, 9.17) is 9.68 Å². The number of nitrogens with zero attached hydrogens (tertiary/aromatic N) is 3. The molecule has 8 aromatic rings. The third-order valence-corrected chi connectivity index (χ3v) is 10.7. The molecule has 0 saturated heterocycles. The summed E-state index contributed by atoms with van der Waals surface area (Å²) in [5.74, 6) is -2.40. The maximum atomic E-state index is 14.8. The van der Waals surface area contributed by atoms with Gasteiger partial charge in [-0.1, -0.05) is 144 Å². The maximum absolute atomic E-state index is 14.8. The van der Waals surface area contributed by atoms with Gasteiger partial charge in [0, 0.05) is 64.0 Å². The molecule has 0 aliphatic rings. The van der Waals surface area contributed by atoms with Gasteiger partial charge in [0.05, 0.1) is 5.69 Å². The van der Waals surface area contributed by atoms with Crippen LogP contribution in [0.2, 0.25) is 0 Å². The number of hydrogen-bond acceptors (Lipinski definition) is 10. The van der Waals surface area contributed by atoms with Gasteiger partial charge in [-0.15, -0.1) is 0 Å². The average Bonchev–Trinajstić information content (AvgIpc) is 3.35. The molecule has 0 heterocycles. The SMILES string of the molecule is CC(=O)O/N=C(\C(=O)c1ccc(N(c2ccc(C(=O)c3ccccc3)cc2)c2ccc(C(=O)/C(=N\OC(C)=O)c3ccccc3)c3cc(Cc4ccccc4)ccc23)cc1)c1ccccc1. The number of Topliss-reactive ketones (excluding diaryl/α,β-unsaturated/α-hetero) is 2. The Morgan fingerprint density at radius 3 is 1.39 bits per heavy atom. The topological polar surface area (TPSA) is 132 Å². The van der Waals surface area contributed by atoms with E-state index in [1.807, 2.05) is 95.9 Å². The molecule has 8 rings (SSSR count). The average molecular weight is 868 g/mol. The standard InChI is InChI=1S/C56H41N3O7/c1-37(60)65-57-52(41-17-9-4-10-18-41)55(63)45-26-30-47(31-27-45)59(46-28-24-44(25-29-46)54(62)43-21-13-6-14-22-43)51-34-33-49(56(64)53(58-66-38(2)61)42-19-11-5-12-20-42)50-36-40(23-32-48(50)51)35-39-15-7-3-8-16-39/h3-34,36H,35H2,1-2H3/b57-52-,58-53-. The molecule has 0 amide bonds. The lowest BCUT2D eigenvalue weighted by Gasteiger charge is -2.28. The molecular formula is C56H41N3O7. The van der Waals surface area contributed by atoms with E-state index in [1.54, 1.807) is 109 Å². The summed E-state index contributed by atoms with van der Waals surface area (Å²) in [6.45, 7) is 2.43. The van der Waals surface area contributed by atoms with Crippen LogP contribution in [0, 0.1) is 0 Å².